The average Bonchev–Trinajstić information content (AvgIpc) is 3.12. The van der Waals surface area contributed by atoms with Crippen LogP contribution in [0.2, 0.25) is 5.02 Å². The molecule has 168 valence electrons. The molecule has 1 N–H and O–H groups in total. The van der Waals surface area contributed by atoms with Gasteiger partial charge in [0.25, 0.3) is 0 Å². The molecular formula is C20H19ClF4N2O4. The van der Waals surface area contributed by atoms with Crippen LogP contribution in [0, 0.1) is 5.82 Å². The van der Waals surface area contributed by atoms with Crippen molar-refractivity contribution in [1.29, 1.82) is 0 Å². The number of allylic oxidation sites excluding steroid dienone is 1. The second-order valence-corrected chi connectivity index (χ2v) is 7.46. The van der Waals surface area contributed by atoms with Crippen molar-refractivity contribution in [2.24, 2.45) is 0 Å². The molecule has 1 aliphatic rings. The lowest BCUT2D eigenvalue weighted by Gasteiger charge is -2.34. The minimum atomic E-state index is -4.67. The first-order valence-corrected chi connectivity index (χ1v) is 9.71. The second kappa shape index (κ2) is 9.80. The van der Waals surface area contributed by atoms with E-state index in [0.717, 1.165) is 0 Å². The molecule has 1 aromatic heterocycles. The van der Waals surface area contributed by atoms with E-state index >= 15 is 0 Å². The Labute approximate surface area is 180 Å². The molecule has 1 aromatic carbocycles. The van der Waals surface area contributed by atoms with Crippen LogP contribution in [-0.4, -0.2) is 36.2 Å². The van der Waals surface area contributed by atoms with Gasteiger partial charge in [-0.15, -0.1) is 13.2 Å². The van der Waals surface area contributed by atoms with Crippen molar-refractivity contribution in [2.45, 2.75) is 44.3 Å². The fraction of sp³-hybridized carbons (Fsp3) is 0.400. The Balaban J connectivity index is 1.35. The Kier molecular flexibility index (Phi) is 7.34. The Hall–Kier alpha value is -2.43. The van der Waals surface area contributed by atoms with Crippen LogP contribution in [0.15, 0.2) is 41.1 Å². The van der Waals surface area contributed by atoms with Gasteiger partial charge >= 0.3 is 6.36 Å². The van der Waals surface area contributed by atoms with E-state index in [1.54, 1.807) is 12.1 Å². The average molecular weight is 463 g/mol. The fourth-order valence-electron chi connectivity index (χ4n) is 2.92. The number of nitrogens with zero attached hydrogens (tertiary/aromatic N) is 1. The summed E-state index contributed by atoms with van der Waals surface area (Å²) in [5.41, 5.74) is 1.37. The number of amides is 1. The quantitative estimate of drug-likeness (QED) is 0.543. The molecule has 6 nitrogen and oxygen atoms in total. The molecule has 0 radical (unpaired) electrons. The number of nitrogens with one attached hydrogen (secondary N) is 1. The number of halogens is 5. The predicted octanol–water partition coefficient (Wildman–Crippen LogP) is 4.78. The van der Waals surface area contributed by atoms with Crippen LogP contribution in [0.1, 0.15) is 25.0 Å². The highest BCUT2D eigenvalue weighted by Crippen LogP contribution is 2.32. The molecule has 11 heteroatoms. The first kappa shape index (κ1) is 23.2. The highest BCUT2D eigenvalue weighted by Gasteiger charge is 2.40. The number of hydrogen-bond donors (Lipinski definition) is 1. The Bertz CT molecular complexity index is 942. The monoisotopic (exact) mass is 462 g/mol. The normalized spacial score (nSPS) is 18.5. The van der Waals surface area contributed by atoms with Gasteiger partial charge in [-0.3, -0.25) is 9.53 Å². The number of hydrogen-bond acceptors (Lipinski definition) is 5. The maximum Gasteiger partial charge on any atom is 0.522 e. The standard InChI is InChI=1S/C20H19ClF4N2O4/c1-11(26-19(28)10-29-14-7-15(8-14)30-20(23,24)25)2-4-13-9-18(27-31-13)12-3-5-16(21)17(22)6-12/h3,5-6,9,14-15H,1-2,4,7-8,10H2,(H,26,28). The lowest BCUT2D eigenvalue weighted by Crippen LogP contribution is -2.42. The smallest absolute Gasteiger partial charge is 0.368 e. The molecule has 1 heterocycles. The topological polar surface area (TPSA) is 73.6 Å². The summed E-state index contributed by atoms with van der Waals surface area (Å²) in [6.45, 7) is 3.46. The summed E-state index contributed by atoms with van der Waals surface area (Å²) in [6, 6.07) is 5.94. The first-order valence-electron chi connectivity index (χ1n) is 9.34. The zero-order valence-corrected chi connectivity index (χ0v) is 16.9. The third kappa shape index (κ3) is 7.05. The molecule has 1 fully saturated rings. The Morgan fingerprint density at radius 2 is 2.03 bits per heavy atom. The van der Waals surface area contributed by atoms with Crippen LogP contribution < -0.4 is 5.32 Å². The van der Waals surface area contributed by atoms with Gasteiger partial charge in [-0.05, 0) is 18.6 Å². The number of carbonyl (C=O) groups is 1. The highest BCUT2D eigenvalue weighted by atomic mass is 35.5. The van der Waals surface area contributed by atoms with E-state index in [1.807, 2.05) is 0 Å². The van der Waals surface area contributed by atoms with Crippen LogP contribution in [0.5, 0.6) is 0 Å². The molecule has 0 bridgehead atoms. The Morgan fingerprint density at radius 1 is 1.29 bits per heavy atom. The van der Waals surface area contributed by atoms with E-state index in [0.29, 0.717) is 35.6 Å². The van der Waals surface area contributed by atoms with Crippen LogP contribution in [0.25, 0.3) is 11.3 Å². The lowest BCUT2D eigenvalue weighted by molar-refractivity contribution is -0.357. The van der Waals surface area contributed by atoms with Gasteiger partial charge in [-0.2, -0.15) is 0 Å². The summed E-state index contributed by atoms with van der Waals surface area (Å²) in [4.78, 5) is 11.9. The van der Waals surface area contributed by atoms with Crippen molar-refractivity contribution in [3.05, 3.63) is 53.1 Å². The zero-order valence-electron chi connectivity index (χ0n) is 16.2. The van der Waals surface area contributed by atoms with Crippen LogP contribution in [0.4, 0.5) is 17.6 Å². The summed E-state index contributed by atoms with van der Waals surface area (Å²) < 4.78 is 64.1. The number of rotatable bonds is 9. The van der Waals surface area contributed by atoms with Gasteiger partial charge in [0.15, 0.2) is 0 Å². The predicted molar refractivity (Wildman–Crippen MR) is 102 cm³/mol. The summed E-state index contributed by atoms with van der Waals surface area (Å²) in [5, 5.41) is 6.46. The zero-order chi connectivity index (χ0) is 22.6. The number of ether oxygens (including phenoxy) is 2. The third-order valence-electron chi connectivity index (χ3n) is 4.57. The third-order valence-corrected chi connectivity index (χ3v) is 4.87. The SMILES string of the molecule is C=C(CCc1cc(-c2ccc(Cl)c(F)c2)no1)NC(=O)COC1CC(OC(F)(F)F)C1. The fourth-order valence-corrected chi connectivity index (χ4v) is 3.04. The Morgan fingerprint density at radius 3 is 2.71 bits per heavy atom. The molecule has 1 aliphatic carbocycles. The largest absolute Gasteiger partial charge is 0.522 e. The molecule has 0 spiro atoms. The number of aromatic nitrogens is 1. The van der Waals surface area contributed by atoms with Crippen molar-refractivity contribution in [2.75, 3.05) is 6.61 Å². The number of aryl methyl sites for hydroxylation is 1. The lowest BCUT2D eigenvalue weighted by atomic mass is 9.92. The molecule has 3 rings (SSSR count). The van der Waals surface area contributed by atoms with Crippen molar-refractivity contribution >= 4 is 17.5 Å². The van der Waals surface area contributed by atoms with E-state index in [4.69, 9.17) is 20.9 Å². The van der Waals surface area contributed by atoms with Crippen molar-refractivity contribution in [3.8, 4) is 11.3 Å². The van der Waals surface area contributed by atoms with Gasteiger partial charge in [0, 0.05) is 36.6 Å². The van der Waals surface area contributed by atoms with Gasteiger partial charge in [0.05, 0.1) is 17.2 Å². The number of alkyl halides is 3. The van der Waals surface area contributed by atoms with Crippen LogP contribution in [0.3, 0.4) is 0 Å². The molecule has 31 heavy (non-hydrogen) atoms. The number of benzene rings is 1. The van der Waals surface area contributed by atoms with Crippen LogP contribution >= 0.6 is 11.6 Å². The number of carbonyl (C=O) groups excluding carboxylic acids is 1. The molecule has 0 atom stereocenters. The van der Waals surface area contributed by atoms with E-state index in [9.17, 15) is 22.4 Å². The molecular weight excluding hydrogens is 444 g/mol. The van der Waals surface area contributed by atoms with E-state index in [2.05, 4.69) is 21.8 Å². The van der Waals surface area contributed by atoms with Crippen molar-refractivity contribution in [3.63, 3.8) is 0 Å². The maximum absolute atomic E-state index is 13.6. The molecule has 1 saturated carbocycles. The summed E-state index contributed by atoms with van der Waals surface area (Å²) >= 11 is 5.66. The highest BCUT2D eigenvalue weighted by molar-refractivity contribution is 6.30. The van der Waals surface area contributed by atoms with E-state index in [1.165, 1.54) is 12.1 Å². The van der Waals surface area contributed by atoms with Crippen molar-refractivity contribution in [1.82, 2.24) is 10.5 Å². The van der Waals surface area contributed by atoms with Gasteiger partial charge in [-0.25, -0.2) is 4.39 Å². The van der Waals surface area contributed by atoms with Gasteiger partial charge in [0.1, 0.15) is 23.9 Å². The molecule has 0 saturated heterocycles. The first-order chi connectivity index (χ1) is 14.6. The molecule has 0 aliphatic heterocycles. The van der Waals surface area contributed by atoms with Gasteiger partial charge in [-0.1, -0.05) is 29.4 Å². The summed E-state index contributed by atoms with van der Waals surface area (Å²) in [6.07, 6.45) is -5.13. The maximum atomic E-state index is 13.6. The van der Waals surface area contributed by atoms with E-state index < -0.39 is 30.3 Å². The summed E-state index contributed by atoms with van der Waals surface area (Å²) in [7, 11) is 0. The van der Waals surface area contributed by atoms with Gasteiger partial charge in [0.2, 0.25) is 5.91 Å². The minimum absolute atomic E-state index is 0.00950. The summed E-state index contributed by atoms with van der Waals surface area (Å²) in [5.74, 6) is -0.505. The molecule has 2 aromatic rings. The van der Waals surface area contributed by atoms with Crippen LogP contribution in [-0.2, 0) is 20.7 Å². The van der Waals surface area contributed by atoms with Crippen molar-refractivity contribution < 1.29 is 36.4 Å². The van der Waals surface area contributed by atoms with E-state index in [-0.39, 0.29) is 24.5 Å². The van der Waals surface area contributed by atoms with Gasteiger partial charge < -0.3 is 14.6 Å². The molecule has 1 amide bonds. The minimum Gasteiger partial charge on any atom is -0.368 e. The molecule has 0 unspecified atom stereocenters. The second-order valence-electron chi connectivity index (χ2n) is 7.05.